The average molecular weight is 346 g/mol. The van der Waals surface area contributed by atoms with Crippen LogP contribution < -0.4 is 16.0 Å². The minimum absolute atomic E-state index is 0.0107. The molecule has 6 nitrogen and oxygen atoms in total. The summed E-state index contributed by atoms with van der Waals surface area (Å²) in [6.07, 6.45) is 2.28. The van der Waals surface area contributed by atoms with E-state index in [1.807, 2.05) is 13.0 Å². The quantitative estimate of drug-likeness (QED) is 0.657. The second kappa shape index (κ2) is 7.42. The smallest absolute Gasteiger partial charge is 0.225 e. The zero-order chi connectivity index (χ0) is 17.8. The van der Waals surface area contributed by atoms with Gasteiger partial charge in [-0.3, -0.25) is 0 Å². The van der Waals surface area contributed by atoms with Crippen LogP contribution in [0, 0.1) is 18.6 Å². The molecule has 3 rings (SSSR count). The van der Waals surface area contributed by atoms with Crippen molar-refractivity contribution in [1.29, 1.82) is 0 Å². The minimum atomic E-state index is -0.603. The second-order valence-electron chi connectivity index (χ2n) is 5.95. The maximum Gasteiger partial charge on any atom is 0.225 e. The molecule has 1 aromatic heterocycles. The lowest BCUT2D eigenvalue weighted by molar-refractivity contribution is 0.604. The Morgan fingerprint density at radius 1 is 1.24 bits per heavy atom. The number of hydrogen-bond donors (Lipinski definition) is 2. The van der Waals surface area contributed by atoms with Gasteiger partial charge in [-0.15, -0.1) is 0 Å². The Labute approximate surface area is 144 Å². The van der Waals surface area contributed by atoms with E-state index in [-0.39, 0.29) is 18.2 Å². The maximum absolute atomic E-state index is 13.6. The number of nitrogens with zero attached hydrogens (tertiary/aromatic N) is 4. The Hall–Kier alpha value is -2.77. The fourth-order valence-electron chi connectivity index (χ4n) is 2.69. The van der Waals surface area contributed by atoms with E-state index < -0.39 is 11.6 Å². The number of hydrogen-bond acceptors (Lipinski definition) is 4. The molecule has 0 bridgehead atoms. The first-order chi connectivity index (χ1) is 12.0. The molecule has 0 radical (unpaired) electrons. The highest BCUT2D eigenvalue weighted by Crippen LogP contribution is 2.17. The van der Waals surface area contributed by atoms with Crippen molar-refractivity contribution in [3.8, 4) is 0 Å². The van der Waals surface area contributed by atoms with Crippen molar-refractivity contribution in [2.24, 2.45) is 10.7 Å². The fraction of sp³-hybridized carbons (Fsp3) is 0.353. The Morgan fingerprint density at radius 2 is 2.00 bits per heavy atom. The largest absolute Gasteiger partial charge is 0.370 e. The predicted molar refractivity (Wildman–Crippen MR) is 93.5 cm³/mol. The average Bonchev–Trinajstić information content (AvgIpc) is 3.10. The number of guanidine groups is 1. The Balaban J connectivity index is 1.71. The summed E-state index contributed by atoms with van der Waals surface area (Å²) in [4.78, 5) is 15.3. The highest BCUT2D eigenvalue weighted by molar-refractivity contribution is 5.92. The number of nitrogens with one attached hydrogen (secondary N) is 1. The normalized spacial score (nSPS) is 14.8. The Morgan fingerprint density at radius 3 is 2.76 bits per heavy atom. The van der Waals surface area contributed by atoms with Crippen molar-refractivity contribution in [3.63, 3.8) is 0 Å². The molecule has 0 saturated carbocycles. The molecule has 3 N–H and O–H groups in total. The zero-order valence-electron chi connectivity index (χ0n) is 14.0. The molecular formula is C17H20F2N6. The van der Waals surface area contributed by atoms with E-state index in [1.54, 1.807) is 0 Å². The number of aromatic nitrogens is 2. The SMILES string of the molecule is Cc1cc(CN=C(N)Nc2cc(F)ccc2F)nc(N2CCCC2)n1. The lowest BCUT2D eigenvalue weighted by atomic mass is 10.3. The van der Waals surface area contributed by atoms with Gasteiger partial charge in [-0.25, -0.2) is 23.7 Å². The summed E-state index contributed by atoms with van der Waals surface area (Å²) in [7, 11) is 0. The van der Waals surface area contributed by atoms with Crippen LogP contribution >= 0.6 is 0 Å². The van der Waals surface area contributed by atoms with Gasteiger partial charge in [-0.05, 0) is 38.0 Å². The van der Waals surface area contributed by atoms with E-state index in [0.29, 0.717) is 5.95 Å². The third-order valence-electron chi connectivity index (χ3n) is 3.89. The fourth-order valence-corrected chi connectivity index (χ4v) is 2.69. The van der Waals surface area contributed by atoms with Crippen LogP contribution in [0.2, 0.25) is 0 Å². The van der Waals surface area contributed by atoms with Crippen LogP contribution in [0.3, 0.4) is 0 Å². The summed E-state index contributed by atoms with van der Waals surface area (Å²) in [6.45, 7) is 4.03. The summed E-state index contributed by atoms with van der Waals surface area (Å²) >= 11 is 0. The molecule has 8 heteroatoms. The highest BCUT2D eigenvalue weighted by atomic mass is 19.1. The molecule has 25 heavy (non-hydrogen) atoms. The number of aliphatic imine (C=N–C) groups is 1. The summed E-state index contributed by atoms with van der Waals surface area (Å²) in [5, 5.41) is 2.56. The molecule has 0 amide bonds. The van der Waals surface area contributed by atoms with Gasteiger partial charge >= 0.3 is 0 Å². The monoisotopic (exact) mass is 346 g/mol. The van der Waals surface area contributed by atoms with Crippen molar-refractivity contribution in [2.45, 2.75) is 26.3 Å². The lowest BCUT2D eigenvalue weighted by Gasteiger charge is -2.16. The first-order valence-corrected chi connectivity index (χ1v) is 8.13. The van der Waals surface area contributed by atoms with Gasteiger partial charge in [0.15, 0.2) is 5.96 Å². The maximum atomic E-state index is 13.6. The van der Waals surface area contributed by atoms with Crippen molar-refractivity contribution < 1.29 is 8.78 Å². The molecule has 0 spiro atoms. The summed E-state index contributed by atoms with van der Waals surface area (Å²) in [5.74, 6) is -0.471. The van der Waals surface area contributed by atoms with E-state index in [4.69, 9.17) is 5.73 Å². The summed E-state index contributed by atoms with van der Waals surface area (Å²) < 4.78 is 26.8. The number of anilines is 2. The topological polar surface area (TPSA) is 79.4 Å². The van der Waals surface area contributed by atoms with Crippen LogP contribution in [-0.2, 0) is 6.54 Å². The molecule has 2 aromatic rings. The second-order valence-corrected chi connectivity index (χ2v) is 5.95. The van der Waals surface area contributed by atoms with Gasteiger partial charge in [-0.1, -0.05) is 0 Å². The predicted octanol–water partition coefficient (Wildman–Crippen LogP) is 2.59. The molecule has 2 heterocycles. The van der Waals surface area contributed by atoms with E-state index >= 15 is 0 Å². The molecular weight excluding hydrogens is 326 g/mol. The van der Waals surface area contributed by atoms with Crippen LogP contribution in [-0.4, -0.2) is 29.0 Å². The van der Waals surface area contributed by atoms with Crippen molar-refractivity contribution >= 4 is 17.6 Å². The van der Waals surface area contributed by atoms with E-state index in [0.717, 1.165) is 55.5 Å². The molecule has 1 fully saturated rings. The van der Waals surface area contributed by atoms with Gasteiger partial charge in [0.1, 0.15) is 11.6 Å². The van der Waals surface area contributed by atoms with Gasteiger partial charge in [0.05, 0.1) is 17.9 Å². The number of halogens is 2. The molecule has 1 saturated heterocycles. The third-order valence-corrected chi connectivity index (χ3v) is 3.89. The first kappa shape index (κ1) is 17.1. The Bertz CT molecular complexity index is 787. The van der Waals surface area contributed by atoms with Crippen LogP contribution in [0.4, 0.5) is 20.4 Å². The number of aryl methyl sites for hydroxylation is 1. The van der Waals surface area contributed by atoms with Crippen LogP contribution in [0.5, 0.6) is 0 Å². The van der Waals surface area contributed by atoms with Crippen molar-refractivity contribution in [1.82, 2.24) is 9.97 Å². The van der Waals surface area contributed by atoms with Gasteiger partial charge in [0, 0.05) is 24.8 Å². The van der Waals surface area contributed by atoms with Crippen LogP contribution in [0.25, 0.3) is 0 Å². The number of rotatable bonds is 4. The lowest BCUT2D eigenvalue weighted by Crippen LogP contribution is -2.24. The summed E-state index contributed by atoms with van der Waals surface area (Å²) in [6, 6.07) is 4.93. The van der Waals surface area contributed by atoms with Crippen molar-refractivity contribution in [2.75, 3.05) is 23.3 Å². The van der Waals surface area contributed by atoms with Crippen LogP contribution in [0.15, 0.2) is 29.3 Å². The number of benzene rings is 1. The molecule has 1 aromatic carbocycles. The minimum Gasteiger partial charge on any atom is -0.370 e. The van der Waals surface area contributed by atoms with E-state index in [1.165, 1.54) is 0 Å². The van der Waals surface area contributed by atoms with Crippen molar-refractivity contribution in [3.05, 3.63) is 47.3 Å². The van der Waals surface area contributed by atoms with Crippen LogP contribution in [0.1, 0.15) is 24.2 Å². The van der Waals surface area contributed by atoms with E-state index in [2.05, 4.69) is 25.2 Å². The molecule has 0 aliphatic carbocycles. The third kappa shape index (κ3) is 4.40. The molecule has 0 unspecified atom stereocenters. The van der Waals surface area contributed by atoms with Gasteiger partial charge in [0.2, 0.25) is 5.95 Å². The van der Waals surface area contributed by atoms with E-state index in [9.17, 15) is 8.78 Å². The first-order valence-electron chi connectivity index (χ1n) is 8.13. The number of nitrogens with two attached hydrogens (primary N) is 1. The molecule has 1 aliphatic heterocycles. The molecule has 0 atom stereocenters. The van der Waals surface area contributed by atoms with Gasteiger partial charge in [-0.2, -0.15) is 0 Å². The molecule has 132 valence electrons. The highest BCUT2D eigenvalue weighted by Gasteiger charge is 2.15. The summed E-state index contributed by atoms with van der Waals surface area (Å²) in [5.41, 5.74) is 7.28. The molecule has 1 aliphatic rings. The van der Waals surface area contributed by atoms with Gasteiger partial charge in [0.25, 0.3) is 0 Å². The Kier molecular flexibility index (Phi) is 5.06. The standard InChI is InChI=1S/C17H20F2N6/c1-11-8-13(23-17(22-11)25-6-2-3-7-25)10-21-16(20)24-15-9-12(18)4-5-14(15)19/h4-5,8-9H,2-3,6-7,10H2,1H3,(H3,20,21,24). The van der Waals surface area contributed by atoms with Gasteiger partial charge < -0.3 is 16.0 Å². The zero-order valence-corrected chi connectivity index (χ0v) is 14.0.